The van der Waals surface area contributed by atoms with Crippen LogP contribution < -0.4 is 0 Å². The van der Waals surface area contributed by atoms with Crippen molar-refractivity contribution >= 4 is 0 Å². The smallest absolute Gasteiger partial charge is 0.0666 e. The predicted octanol–water partition coefficient (Wildman–Crippen LogP) is 3.43. The Bertz CT molecular complexity index is 240. The first-order valence-electron chi connectivity index (χ1n) is 4.64. The van der Waals surface area contributed by atoms with Crippen LogP contribution in [0.25, 0.3) is 0 Å². The molecule has 0 radical (unpaired) electrons. The van der Waals surface area contributed by atoms with Crippen molar-refractivity contribution in [2.45, 2.75) is 46.5 Å². The Morgan fingerprint density at radius 3 is 2.75 bits per heavy atom. The third-order valence-electron chi connectivity index (χ3n) is 3.12. The maximum absolute atomic E-state index is 8.62. The molecule has 66 valence electrons. The first-order chi connectivity index (χ1) is 5.58. The van der Waals surface area contributed by atoms with Crippen LogP contribution in [0.4, 0.5) is 0 Å². The van der Waals surface area contributed by atoms with E-state index >= 15 is 0 Å². The van der Waals surface area contributed by atoms with E-state index in [2.05, 4.69) is 26.8 Å². The minimum Gasteiger partial charge on any atom is -0.198 e. The van der Waals surface area contributed by atoms with Gasteiger partial charge in [-0.1, -0.05) is 25.0 Å². The van der Waals surface area contributed by atoms with Gasteiger partial charge in [0.1, 0.15) is 0 Å². The summed E-state index contributed by atoms with van der Waals surface area (Å²) < 4.78 is 0. The molecule has 1 aliphatic carbocycles. The fourth-order valence-electron chi connectivity index (χ4n) is 1.91. The van der Waals surface area contributed by atoms with Crippen LogP contribution in [0.3, 0.4) is 0 Å². The highest BCUT2D eigenvalue weighted by atomic mass is 14.3. The van der Waals surface area contributed by atoms with Crippen LogP contribution in [-0.2, 0) is 0 Å². The van der Waals surface area contributed by atoms with Crippen LogP contribution in [-0.4, -0.2) is 0 Å². The first kappa shape index (κ1) is 9.32. The Morgan fingerprint density at radius 2 is 2.17 bits per heavy atom. The second-order valence-electron chi connectivity index (χ2n) is 4.30. The van der Waals surface area contributed by atoms with E-state index in [9.17, 15) is 0 Å². The molecule has 0 saturated heterocycles. The van der Waals surface area contributed by atoms with Crippen molar-refractivity contribution in [2.24, 2.45) is 5.41 Å². The second kappa shape index (κ2) is 3.31. The van der Waals surface area contributed by atoms with Gasteiger partial charge in [0.15, 0.2) is 0 Å². The lowest BCUT2D eigenvalue weighted by Gasteiger charge is -2.32. The molecule has 0 atom stereocenters. The van der Waals surface area contributed by atoms with Gasteiger partial charge >= 0.3 is 0 Å². The molecule has 0 amide bonds. The Kier molecular flexibility index (Phi) is 2.57. The van der Waals surface area contributed by atoms with Gasteiger partial charge in [-0.25, -0.2) is 0 Å². The Balaban J connectivity index is 2.89. The largest absolute Gasteiger partial charge is 0.198 e. The number of rotatable bonds is 1. The quantitative estimate of drug-likeness (QED) is 0.543. The summed E-state index contributed by atoms with van der Waals surface area (Å²) in [6.45, 7) is 6.74. The normalized spacial score (nSPS) is 22.2. The molecule has 0 aromatic heterocycles. The van der Waals surface area contributed by atoms with E-state index in [1.54, 1.807) is 0 Å². The highest BCUT2D eigenvalue weighted by Crippen LogP contribution is 2.40. The number of nitriles is 1. The molecule has 0 aromatic rings. The molecule has 0 spiro atoms. The summed E-state index contributed by atoms with van der Waals surface area (Å²) in [5.74, 6) is 0. The maximum atomic E-state index is 8.62. The van der Waals surface area contributed by atoms with Gasteiger partial charge in [0.2, 0.25) is 0 Å². The Morgan fingerprint density at radius 1 is 1.50 bits per heavy atom. The van der Waals surface area contributed by atoms with Crippen LogP contribution in [0.15, 0.2) is 11.1 Å². The Hall–Kier alpha value is -0.770. The van der Waals surface area contributed by atoms with Gasteiger partial charge in [0.05, 0.1) is 12.5 Å². The van der Waals surface area contributed by atoms with Crippen LogP contribution >= 0.6 is 0 Å². The summed E-state index contributed by atoms with van der Waals surface area (Å²) in [6, 6.07) is 2.25. The molecule has 1 aliphatic rings. The van der Waals surface area contributed by atoms with Gasteiger partial charge in [0.25, 0.3) is 0 Å². The van der Waals surface area contributed by atoms with E-state index in [0.717, 1.165) is 6.42 Å². The zero-order valence-corrected chi connectivity index (χ0v) is 8.28. The molecular formula is C11H17N. The minimum atomic E-state index is 0.338. The lowest BCUT2D eigenvalue weighted by molar-refractivity contribution is 0.365. The molecule has 0 aliphatic heterocycles. The number of hydrogen-bond acceptors (Lipinski definition) is 1. The van der Waals surface area contributed by atoms with Crippen LogP contribution in [0.1, 0.15) is 46.5 Å². The third-order valence-corrected chi connectivity index (χ3v) is 3.12. The molecule has 0 heterocycles. The summed E-state index contributed by atoms with van der Waals surface area (Å²) in [4.78, 5) is 0. The number of allylic oxidation sites excluding steroid dienone is 2. The molecule has 0 saturated carbocycles. The molecule has 1 rings (SSSR count). The van der Waals surface area contributed by atoms with Crippen molar-refractivity contribution in [1.82, 2.24) is 0 Å². The SMILES string of the molecule is CC1=C(CC#N)CCCC1(C)C. The van der Waals surface area contributed by atoms with Gasteiger partial charge in [-0.2, -0.15) is 5.26 Å². The molecule has 0 N–H and O–H groups in total. The van der Waals surface area contributed by atoms with E-state index < -0.39 is 0 Å². The van der Waals surface area contributed by atoms with Gasteiger partial charge in [-0.3, -0.25) is 0 Å². The molecule has 1 nitrogen and oxygen atoms in total. The van der Waals surface area contributed by atoms with Crippen molar-refractivity contribution in [3.63, 3.8) is 0 Å². The fraction of sp³-hybridized carbons (Fsp3) is 0.727. The Labute approximate surface area is 75.1 Å². The van der Waals surface area contributed by atoms with E-state index in [0.29, 0.717) is 11.8 Å². The third kappa shape index (κ3) is 1.69. The summed E-state index contributed by atoms with van der Waals surface area (Å²) in [5.41, 5.74) is 3.17. The molecule has 0 aromatic carbocycles. The first-order valence-corrected chi connectivity index (χ1v) is 4.64. The minimum absolute atomic E-state index is 0.338. The fourth-order valence-corrected chi connectivity index (χ4v) is 1.91. The highest BCUT2D eigenvalue weighted by Gasteiger charge is 2.26. The van der Waals surface area contributed by atoms with E-state index in [1.807, 2.05) is 0 Å². The van der Waals surface area contributed by atoms with Crippen LogP contribution in [0, 0.1) is 16.7 Å². The van der Waals surface area contributed by atoms with E-state index in [4.69, 9.17) is 5.26 Å². The predicted molar refractivity (Wildman–Crippen MR) is 50.6 cm³/mol. The van der Waals surface area contributed by atoms with E-state index in [-0.39, 0.29) is 0 Å². The van der Waals surface area contributed by atoms with Crippen molar-refractivity contribution < 1.29 is 0 Å². The van der Waals surface area contributed by atoms with Crippen molar-refractivity contribution in [1.29, 1.82) is 5.26 Å². The standard InChI is InChI=1S/C11H17N/c1-9-10(6-8-12)5-4-7-11(9,2)3/h4-7H2,1-3H3. The number of hydrogen-bond donors (Lipinski definition) is 0. The molecular weight excluding hydrogens is 146 g/mol. The van der Waals surface area contributed by atoms with Gasteiger partial charge < -0.3 is 0 Å². The molecule has 12 heavy (non-hydrogen) atoms. The number of nitrogens with zero attached hydrogens (tertiary/aromatic N) is 1. The average molecular weight is 163 g/mol. The van der Waals surface area contributed by atoms with Crippen LogP contribution in [0.2, 0.25) is 0 Å². The lowest BCUT2D eigenvalue weighted by atomic mass is 9.73. The zero-order chi connectivity index (χ0) is 9.19. The van der Waals surface area contributed by atoms with Gasteiger partial charge in [0, 0.05) is 0 Å². The average Bonchev–Trinajstić information content (AvgIpc) is 1.99. The summed E-state index contributed by atoms with van der Waals surface area (Å²) in [7, 11) is 0. The highest BCUT2D eigenvalue weighted by molar-refractivity contribution is 5.24. The molecule has 0 bridgehead atoms. The molecule has 0 unspecified atom stereocenters. The molecule has 1 heteroatoms. The summed E-state index contributed by atoms with van der Waals surface area (Å²) in [6.07, 6.45) is 4.30. The zero-order valence-electron chi connectivity index (χ0n) is 8.28. The topological polar surface area (TPSA) is 23.8 Å². The monoisotopic (exact) mass is 163 g/mol. The van der Waals surface area contributed by atoms with Crippen LogP contribution in [0.5, 0.6) is 0 Å². The second-order valence-corrected chi connectivity index (χ2v) is 4.30. The summed E-state index contributed by atoms with van der Waals surface area (Å²) >= 11 is 0. The van der Waals surface area contributed by atoms with Crippen molar-refractivity contribution in [3.8, 4) is 6.07 Å². The van der Waals surface area contributed by atoms with Gasteiger partial charge in [-0.05, 0) is 31.6 Å². The van der Waals surface area contributed by atoms with Crippen molar-refractivity contribution in [3.05, 3.63) is 11.1 Å². The molecule has 0 fully saturated rings. The van der Waals surface area contributed by atoms with Crippen molar-refractivity contribution in [2.75, 3.05) is 0 Å². The van der Waals surface area contributed by atoms with Gasteiger partial charge in [-0.15, -0.1) is 0 Å². The maximum Gasteiger partial charge on any atom is 0.0666 e. The lowest BCUT2D eigenvalue weighted by Crippen LogP contribution is -2.18. The van der Waals surface area contributed by atoms with E-state index in [1.165, 1.54) is 24.0 Å². The summed E-state index contributed by atoms with van der Waals surface area (Å²) in [5, 5.41) is 8.62.